The fraction of sp³-hybridized carbons (Fsp3) is 0.267. The number of halogens is 1. The summed E-state index contributed by atoms with van der Waals surface area (Å²) in [5.41, 5.74) is 4.05. The summed E-state index contributed by atoms with van der Waals surface area (Å²) in [6, 6.07) is 15.5. The number of rotatable bonds is 8. The number of carbonyl (C=O) groups is 2. The van der Waals surface area contributed by atoms with Crippen LogP contribution in [0.15, 0.2) is 72.4 Å². The van der Waals surface area contributed by atoms with Gasteiger partial charge in [0.05, 0.1) is 6.04 Å². The fourth-order valence-corrected chi connectivity index (χ4v) is 5.37. The Balaban J connectivity index is 1.31. The van der Waals surface area contributed by atoms with Crippen molar-refractivity contribution in [3.8, 4) is 5.75 Å². The lowest BCUT2D eigenvalue weighted by molar-refractivity contribution is -0.136. The number of hydrogen-bond donors (Lipinski definition) is 1. The van der Waals surface area contributed by atoms with Gasteiger partial charge < -0.3 is 15.0 Å². The van der Waals surface area contributed by atoms with Gasteiger partial charge in [0.25, 0.3) is 5.91 Å². The van der Waals surface area contributed by atoms with Gasteiger partial charge in [-0.1, -0.05) is 32.0 Å². The van der Waals surface area contributed by atoms with E-state index >= 15 is 0 Å². The molecular weight excluding hydrogens is 515 g/mol. The highest BCUT2D eigenvalue weighted by molar-refractivity contribution is 7.09. The van der Waals surface area contributed by atoms with Crippen molar-refractivity contribution < 1.29 is 18.7 Å². The zero-order chi connectivity index (χ0) is 27.4. The molecule has 2 aromatic carbocycles. The molecular formula is C30H29FN4O3S. The Hall–Kier alpha value is -4.11. The van der Waals surface area contributed by atoms with Crippen molar-refractivity contribution in [3.63, 3.8) is 0 Å². The number of amides is 2. The second-order valence-corrected chi connectivity index (χ2v) is 10.7. The molecule has 1 atom stereocenters. The van der Waals surface area contributed by atoms with Crippen LogP contribution >= 0.6 is 11.3 Å². The van der Waals surface area contributed by atoms with Gasteiger partial charge in [0, 0.05) is 36.8 Å². The van der Waals surface area contributed by atoms with E-state index in [1.54, 1.807) is 23.8 Å². The summed E-state index contributed by atoms with van der Waals surface area (Å²) in [4.78, 5) is 35.9. The van der Waals surface area contributed by atoms with Gasteiger partial charge in [0.15, 0.2) is 0 Å². The average Bonchev–Trinajstić information content (AvgIpc) is 3.43. The topological polar surface area (TPSA) is 84.4 Å². The summed E-state index contributed by atoms with van der Waals surface area (Å²) in [5, 5.41) is 5.24. The number of nitrogens with one attached hydrogen (secondary N) is 1. The highest BCUT2D eigenvalue weighted by Gasteiger charge is 2.33. The average molecular weight is 545 g/mol. The normalized spacial score (nSPS) is 14.7. The third-order valence-corrected chi connectivity index (χ3v) is 7.46. The zero-order valence-corrected chi connectivity index (χ0v) is 22.6. The third kappa shape index (κ3) is 6.15. The van der Waals surface area contributed by atoms with Gasteiger partial charge in [-0.15, -0.1) is 11.3 Å². The first kappa shape index (κ1) is 26.5. The molecule has 0 bridgehead atoms. The van der Waals surface area contributed by atoms with Crippen molar-refractivity contribution in [2.24, 2.45) is 5.92 Å². The van der Waals surface area contributed by atoms with Crippen LogP contribution in [0, 0.1) is 11.7 Å². The molecule has 1 unspecified atom stereocenters. The van der Waals surface area contributed by atoms with E-state index in [1.807, 2.05) is 55.1 Å². The van der Waals surface area contributed by atoms with E-state index in [2.05, 4.69) is 15.3 Å². The van der Waals surface area contributed by atoms with E-state index in [9.17, 15) is 14.0 Å². The zero-order valence-electron chi connectivity index (χ0n) is 21.8. The standard InChI is InChI=1S/C30H29FN4O3S/c1-19(2)30(37)35-13-10-21-6-7-24(15-25(21)28(35)22-4-3-5-23(31)14-22)38-17-27-34-26(18-39-27)29(36)33-16-20-8-11-32-12-9-20/h3-9,11-12,14-15,18-19,28H,10,13,16-17H2,1-2H3,(H,33,36). The molecule has 0 spiro atoms. The van der Waals surface area contributed by atoms with Gasteiger partial charge in [-0.05, 0) is 65.1 Å². The van der Waals surface area contributed by atoms with Crippen LogP contribution in [0.2, 0.25) is 0 Å². The van der Waals surface area contributed by atoms with E-state index < -0.39 is 6.04 Å². The lowest BCUT2D eigenvalue weighted by Crippen LogP contribution is -2.42. The number of hydrogen-bond acceptors (Lipinski definition) is 6. The quantitative estimate of drug-likeness (QED) is 0.325. The Labute approximate surface area is 230 Å². The second-order valence-electron chi connectivity index (χ2n) is 9.71. The van der Waals surface area contributed by atoms with Crippen molar-refractivity contribution >= 4 is 23.2 Å². The molecule has 39 heavy (non-hydrogen) atoms. The van der Waals surface area contributed by atoms with Crippen LogP contribution in [0.25, 0.3) is 0 Å². The molecule has 0 fully saturated rings. The fourth-order valence-electron chi connectivity index (χ4n) is 4.69. The Morgan fingerprint density at radius 3 is 2.74 bits per heavy atom. The molecule has 2 aromatic heterocycles. The maximum absolute atomic E-state index is 14.2. The number of ether oxygens (including phenoxy) is 1. The number of carbonyl (C=O) groups excluding carboxylic acids is 2. The van der Waals surface area contributed by atoms with Crippen molar-refractivity contribution in [1.82, 2.24) is 20.2 Å². The molecule has 7 nitrogen and oxygen atoms in total. The largest absolute Gasteiger partial charge is 0.486 e. The molecule has 3 heterocycles. The van der Waals surface area contributed by atoms with Gasteiger partial charge in [0.1, 0.15) is 28.9 Å². The molecule has 2 amide bonds. The monoisotopic (exact) mass is 544 g/mol. The van der Waals surface area contributed by atoms with Crippen LogP contribution in [0.1, 0.15) is 57.6 Å². The lowest BCUT2D eigenvalue weighted by atomic mass is 9.87. The molecule has 0 saturated carbocycles. The van der Waals surface area contributed by atoms with Crippen LogP contribution in [-0.4, -0.2) is 33.2 Å². The first-order chi connectivity index (χ1) is 18.9. The Kier molecular flexibility index (Phi) is 7.97. The summed E-state index contributed by atoms with van der Waals surface area (Å²) in [6.07, 6.45) is 4.07. The summed E-state index contributed by atoms with van der Waals surface area (Å²) in [5.74, 6) is -0.126. The van der Waals surface area contributed by atoms with E-state index in [-0.39, 0.29) is 30.2 Å². The van der Waals surface area contributed by atoms with Crippen molar-refractivity contribution in [3.05, 3.63) is 111 Å². The molecule has 1 aliphatic heterocycles. The van der Waals surface area contributed by atoms with Crippen LogP contribution in [0.4, 0.5) is 4.39 Å². The Morgan fingerprint density at radius 2 is 1.97 bits per heavy atom. The molecule has 1 aliphatic rings. The Morgan fingerprint density at radius 1 is 1.15 bits per heavy atom. The molecule has 5 rings (SSSR count). The lowest BCUT2D eigenvalue weighted by Gasteiger charge is -2.39. The smallest absolute Gasteiger partial charge is 0.271 e. The maximum Gasteiger partial charge on any atom is 0.271 e. The molecule has 200 valence electrons. The van der Waals surface area contributed by atoms with Gasteiger partial charge in [-0.25, -0.2) is 9.37 Å². The van der Waals surface area contributed by atoms with E-state index in [0.29, 0.717) is 36.0 Å². The van der Waals surface area contributed by atoms with E-state index in [1.165, 1.54) is 23.5 Å². The first-order valence-corrected chi connectivity index (χ1v) is 13.7. The molecule has 0 aliphatic carbocycles. The minimum Gasteiger partial charge on any atom is -0.486 e. The highest BCUT2D eigenvalue weighted by atomic mass is 32.1. The van der Waals surface area contributed by atoms with Crippen molar-refractivity contribution in [2.75, 3.05) is 6.54 Å². The van der Waals surface area contributed by atoms with Crippen LogP contribution < -0.4 is 10.1 Å². The minimum atomic E-state index is -0.404. The number of thiazole rings is 1. The van der Waals surface area contributed by atoms with Gasteiger partial charge >= 0.3 is 0 Å². The molecule has 0 saturated heterocycles. The van der Waals surface area contributed by atoms with Gasteiger partial charge in [-0.3, -0.25) is 14.6 Å². The molecule has 4 aromatic rings. The van der Waals surface area contributed by atoms with Crippen LogP contribution in [0.5, 0.6) is 5.75 Å². The first-order valence-electron chi connectivity index (χ1n) is 12.8. The minimum absolute atomic E-state index is 0.0266. The summed E-state index contributed by atoms with van der Waals surface area (Å²) in [7, 11) is 0. The number of aromatic nitrogens is 2. The molecule has 9 heteroatoms. The predicted octanol–water partition coefficient (Wildman–Crippen LogP) is 5.32. The molecule has 1 N–H and O–H groups in total. The van der Waals surface area contributed by atoms with Crippen LogP contribution in [0.3, 0.4) is 0 Å². The SMILES string of the molecule is CC(C)C(=O)N1CCc2ccc(OCc3nc(C(=O)NCc4ccncc4)cs3)cc2C1c1cccc(F)c1. The predicted molar refractivity (Wildman–Crippen MR) is 147 cm³/mol. The van der Waals surface area contributed by atoms with Crippen molar-refractivity contribution in [2.45, 2.75) is 39.5 Å². The summed E-state index contributed by atoms with van der Waals surface area (Å²) >= 11 is 1.35. The number of benzene rings is 2. The van der Waals surface area contributed by atoms with E-state index in [4.69, 9.17) is 4.74 Å². The maximum atomic E-state index is 14.2. The van der Waals surface area contributed by atoms with Crippen LogP contribution in [-0.2, 0) is 24.4 Å². The summed E-state index contributed by atoms with van der Waals surface area (Å²) < 4.78 is 20.3. The molecule has 0 radical (unpaired) electrons. The highest BCUT2D eigenvalue weighted by Crippen LogP contribution is 2.38. The number of nitrogens with zero attached hydrogens (tertiary/aromatic N) is 3. The van der Waals surface area contributed by atoms with Gasteiger partial charge in [-0.2, -0.15) is 0 Å². The van der Waals surface area contributed by atoms with E-state index in [0.717, 1.165) is 22.3 Å². The van der Waals surface area contributed by atoms with Crippen molar-refractivity contribution in [1.29, 1.82) is 0 Å². The Bertz CT molecular complexity index is 1470. The summed E-state index contributed by atoms with van der Waals surface area (Å²) in [6.45, 7) is 4.91. The number of pyridine rings is 1. The third-order valence-electron chi connectivity index (χ3n) is 6.64. The second kappa shape index (κ2) is 11.7. The van der Waals surface area contributed by atoms with Gasteiger partial charge in [0.2, 0.25) is 5.91 Å². The number of fused-ring (bicyclic) bond motifs is 1.